The molecule has 1 fully saturated rings. The van der Waals surface area contributed by atoms with E-state index >= 15 is 0 Å². The van der Waals surface area contributed by atoms with Gasteiger partial charge in [-0.05, 0) is 29.4 Å². The molecule has 0 amide bonds. The molecule has 1 aliphatic rings. The van der Waals surface area contributed by atoms with Crippen LogP contribution in [0.3, 0.4) is 0 Å². The predicted molar refractivity (Wildman–Crippen MR) is 86.8 cm³/mol. The maximum absolute atomic E-state index is 11.6. The molecule has 1 N–H and O–H groups in total. The van der Waals surface area contributed by atoms with Gasteiger partial charge in [0.2, 0.25) is 10.0 Å². The number of piperazine rings is 1. The fourth-order valence-corrected chi connectivity index (χ4v) is 3.98. The number of nitrogens with zero attached hydrogens (tertiary/aromatic N) is 2. The zero-order chi connectivity index (χ0) is 14.6. The molecule has 8 heteroatoms. The smallest absolute Gasteiger partial charge is 0.221 e. The Morgan fingerprint density at radius 3 is 2.65 bits per heavy atom. The molecule has 2 rings (SSSR count). The number of hydrogen-bond donors (Lipinski definition) is 1. The van der Waals surface area contributed by atoms with Crippen LogP contribution in [0, 0.1) is 0 Å². The first kappa shape index (κ1) is 16.4. The van der Waals surface area contributed by atoms with E-state index in [1.807, 2.05) is 5.38 Å². The summed E-state index contributed by atoms with van der Waals surface area (Å²) in [6.07, 6.45) is 0. The highest BCUT2D eigenvalue weighted by Gasteiger charge is 2.25. The minimum Gasteiger partial charge on any atom is -0.304 e. The molecule has 0 saturated carbocycles. The van der Waals surface area contributed by atoms with Gasteiger partial charge in [-0.1, -0.05) is 15.9 Å². The third-order valence-electron chi connectivity index (χ3n) is 3.55. The lowest BCUT2D eigenvalue weighted by Gasteiger charge is -2.37. The Bertz CT molecular complexity index is 499. The van der Waals surface area contributed by atoms with Crippen LogP contribution in [0.2, 0.25) is 0 Å². The minimum atomic E-state index is -3.22. The summed E-state index contributed by atoms with van der Waals surface area (Å²) in [5.74, 6) is 0. The van der Waals surface area contributed by atoms with Crippen LogP contribution in [0.15, 0.2) is 16.8 Å². The fraction of sp³-hybridized carbons (Fsp3) is 0.667. The molecule has 114 valence electrons. The van der Waals surface area contributed by atoms with Crippen molar-refractivity contribution < 1.29 is 8.42 Å². The SMILES string of the molecule is CN1CCN(C(CNS(=O)(=O)CBr)c2ccsc2)CC1. The Morgan fingerprint density at radius 1 is 1.40 bits per heavy atom. The normalized spacial score (nSPS) is 20.1. The number of nitrogens with one attached hydrogen (secondary N) is 1. The van der Waals surface area contributed by atoms with E-state index < -0.39 is 10.0 Å². The minimum absolute atomic E-state index is 0.0565. The predicted octanol–water partition coefficient (Wildman–Crippen LogP) is 1.31. The molecule has 1 aromatic heterocycles. The van der Waals surface area contributed by atoms with E-state index in [9.17, 15) is 8.42 Å². The van der Waals surface area contributed by atoms with Gasteiger partial charge < -0.3 is 4.90 Å². The molecule has 1 saturated heterocycles. The highest BCUT2D eigenvalue weighted by molar-refractivity contribution is 9.10. The standard InChI is InChI=1S/C12H20BrN3O2S2/c1-15-3-5-16(6-4-15)12(11-2-7-19-9-11)8-14-20(17,18)10-13/h2,7,9,12,14H,3-6,8,10H2,1H3. The van der Waals surface area contributed by atoms with Crippen molar-refractivity contribution in [2.45, 2.75) is 6.04 Å². The number of hydrogen-bond acceptors (Lipinski definition) is 5. The van der Waals surface area contributed by atoms with Crippen molar-refractivity contribution in [1.82, 2.24) is 14.5 Å². The monoisotopic (exact) mass is 381 g/mol. The molecule has 1 atom stereocenters. The van der Waals surface area contributed by atoms with Gasteiger partial charge in [-0.25, -0.2) is 13.1 Å². The van der Waals surface area contributed by atoms with Crippen LogP contribution in [0.25, 0.3) is 0 Å². The van der Waals surface area contributed by atoms with Crippen LogP contribution >= 0.6 is 27.3 Å². The van der Waals surface area contributed by atoms with Gasteiger partial charge in [-0.3, -0.25) is 4.90 Å². The van der Waals surface area contributed by atoms with Gasteiger partial charge in [0.05, 0.1) is 0 Å². The van der Waals surface area contributed by atoms with Crippen LogP contribution in [0.4, 0.5) is 0 Å². The zero-order valence-electron chi connectivity index (χ0n) is 11.5. The fourth-order valence-electron chi connectivity index (χ4n) is 2.30. The van der Waals surface area contributed by atoms with E-state index in [0.717, 1.165) is 26.2 Å². The second-order valence-electron chi connectivity index (χ2n) is 4.98. The van der Waals surface area contributed by atoms with Gasteiger partial charge in [0.25, 0.3) is 0 Å². The van der Waals surface area contributed by atoms with Crippen molar-refractivity contribution in [3.8, 4) is 0 Å². The quantitative estimate of drug-likeness (QED) is 0.754. The third kappa shape index (κ3) is 4.51. The lowest BCUT2D eigenvalue weighted by Crippen LogP contribution is -2.48. The largest absolute Gasteiger partial charge is 0.304 e. The Kier molecular flexibility index (Phi) is 6.00. The molecule has 1 aromatic rings. The van der Waals surface area contributed by atoms with E-state index in [-0.39, 0.29) is 10.7 Å². The second-order valence-corrected chi connectivity index (χ2v) is 8.87. The van der Waals surface area contributed by atoms with Crippen molar-refractivity contribution in [1.29, 1.82) is 0 Å². The van der Waals surface area contributed by atoms with Crippen molar-refractivity contribution in [2.24, 2.45) is 0 Å². The number of rotatable bonds is 6. The number of sulfonamides is 1. The molecule has 2 heterocycles. The Hall–Kier alpha value is 0.01000. The molecule has 0 radical (unpaired) electrons. The van der Waals surface area contributed by atoms with Crippen LogP contribution in [0.5, 0.6) is 0 Å². The molecule has 0 aromatic carbocycles. The number of halogens is 1. The maximum atomic E-state index is 11.6. The van der Waals surface area contributed by atoms with Crippen LogP contribution in [-0.4, -0.2) is 62.7 Å². The van der Waals surface area contributed by atoms with Gasteiger partial charge in [0.15, 0.2) is 0 Å². The molecular formula is C12H20BrN3O2S2. The van der Waals surface area contributed by atoms with Gasteiger partial charge in [0, 0.05) is 38.8 Å². The summed E-state index contributed by atoms with van der Waals surface area (Å²) in [5, 5.41) is 4.14. The van der Waals surface area contributed by atoms with E-state index in [1.54, 1.807) is 11.3 Å². The van der Waals surface area contributed by atoms with E-state index in [4.69, 9.17) is 0 Å². The van der Waals surface area contributed by atoms with Crippen molar-refractivity contribution in [3.05, 3.63) is 22.4 Å². The highest BCUT2D eigenvalue weighted by atomic mass is 79.9. The molecule has 0 bridgehead atoms. The highest BCUT2D eigenvalue weighted by Crippen LogP contribution is 2.23. The van der Waals surface area contributed by atoms with E-state index in [0.29, 0.717) is 6.54 Å². The Balaban J connectivity index is 2.06. The summed E-state index contributed by atoms with van der Waals surface area (Å²) < 4.78 is 25.9. The van der Waals surface area contributed by atoms with E-state index in [1.165, 1.54) is 5.56 Å². The summed E-state index contributed by atoms with van der Waals surface area (Å²) in [5.41, 5.74) is 1.19. The topological polar surface area (TPSA) is 52.6 Å². The molecular weight excluding hydrogens is 362 g/mol. The van der Waals surface area contributed by atoms with Crippen molar-refractivity contribution in [2.75, 3.05) is 44.4 Å². The van der Waals surface area contributed by atoms with Crippen molar-refractivity contribution in [3.63, 3.8) is 0 Å². The number of alkyl halides is 1. The van der Waals surface area contributed by atoms with Gasteiger partial charge in [-0.15, -0.1) is 0 Å². The van der Waals surface area contributed by atoms with Gasteiger partial charge in [-0.2, -0.15) is 11.3 Å². The number of thiophene rings is 1. The maximum Gasteiger partial charge on any atom is 0.221 e. The summed E-state index contributed by atoms with van der Waals surface area (Å²) in [7, 11) is -1.11. The molecule has 1 unspecified atom stereocenters. The molecule has 0 aliphatic carbocycles. The summed E-state index contributed by atoms with van der Waals surface area (Å²) in [6, 6.07) is 2.19. The van der Waals surface area contributed by atoms with E-state index in [2.05, 4.69) is 48.9 Å². The molecule has 1 aliphatic heterocycles. The van der Waals surface area contributed by atoms with Crippen LogP contribution in [-0.2, 0) is 10.0 Å². The zero-order valence-corrected chi connectivity index (χ0v) is 14.7. The summed E-state index contributed by atoms with van der Waals surface area (Å²) in [4.78, 5) is 4.66. The third-order valence-corrected chi connectivity index (χ3v) is 6.95. The average Bonchev–Trinajstić information content (AvgIpc) is 2.95. The second kappa shape index (κ2) is 7.33. The average molecular weight is 382 g/mol. The van der Waals surface area contributed by atoms with Gasteiger partial charge in [0.1, 0.15) is 4.66 Å². The number of likely N-dealkylation sites (N-methyl/N-ethyl adjacent to an activating group) is 1. The van der Waals surface area contributed by atoms with Crippen LogP contribution < -0.4 is 4.72 Å². The van der Waals surface area contributed by atoms with Gasteiger partial charge >= 0.3 is 0 Å². The van der Waals surface area contributed by atoms with Crippen molar-refractivity contribution >= 4 is 37.3 Å². The summed E-state index contributed by atoms with van der Waals surface area (Å²) in [6.45, 7) is 4.39. The first-order chi connectivity index (χ1) is 9.52. The van der Waals surface area contributed by atoms with Crippen LogP contribution in [0.1, 0.15) is 11.6 Å². The lowest BCUT2D eigenvalue weighted by atomic mass is 10.1. The lowest BCUT2D eigenvalue weighted by molar-refractivity contribution is 0.113. The first-order valence-corrected chi connectivity index (χ1v) is 10.2. The Morgan fingerprint density at radius 2 is 2.10 bits per heavy atom. The summed E-state index contributed by atoms with van der Waals surface area (Å²) >= 11 is 4.65. The Labute approximate surface area is 133 Å². The molecule has 0 spiro atoms. The molecule has 20 heavy (non-hydrogen) atoms. The molecule has 5 nitrogen and oxygen atoms in total. The first-order valence-electron chi connectivity index (χ1n) is 6.50.